The smallest absolute Gasteiger partial charge is 0.236 e. The fourth-order valence-corrected chi connectivity index (χ4v) is 3.75. The van der Waals surface area contributed by atoms with Crippen molar-refractivity contribution in [3.63, 3.8) is 0 Å². The summed E-state index contributed by atoms with van der Waals surface area (Å²) >= 11 is 0. The molecule has 0 aromatic heterocycles. The summed E-state index contributed by atoms with van der Waals surface area (Å²) in [6.07, 6.45) is 5.28. The van der Waals surface area contributed by atoms with Crippen molar-refractivity contribution in [2.24, 2.45) is 0 Å². The van der Waals surface area contributed by atoms with Gasteiger partial charge in [0.2, 0.25) is 5.91 Å². The van der Waals surface area contributed by atoms with Crippen molar-refractivity contribution < 1.29 is 19.0 Å². The molecule has 1 aromatic carbocycles. The molecule has 5 nitrogen and oxygen atoms in total. The van der Waals surface area contributed by atoms with E-state index < -0.39 is 5.60 Å². The summed E-state index contributed by atoms with van der Waals surface area (Å²) < 4.78 is 18.7. The highest BCUT2D eigenvalue weighted by molar-refractivity contribution is 5.78. The summed E-state index contributed by atoms with van der Waals surface area (Å²) in [5.74, 6) is 0.0675. The largest absolute Gasteiger partial charge is 0.490 e. The van der Waals surface area contributed by atoms with Crippen molar-refractivity contribution in [1.29, 1.82) is 0 Å². The van der Waals surface area contributed by atoms with E-state index in [4.69, 9.17) is 4.74 Å². The molecule has 6 heteroatoms. The molecule has 0 radical (unpaired) electrons. The van der Waals surface area contributed by atoms with Crippen molar-refractivity contribution in [3.05, 3.63) is 30.1 Å². The molecular formula is C19H27FN2O3. The van der Waals surface area contributed by atoms with Gasteiger partial charge >= 0.3 is 0 Å². The number of likely N-dealkylation sites (tertiary alicyclic amines) is 1. The quantitative estimate of drug-likeness (QED) is 0.853. The van der Waals surface area contributed by atoms with Gasteiger partial charge in [0, 0.05) is 18.7 Å². The topological polar surface area (TPSA) is 53.0 Å². The molecule has 3 rings (SSSR count). The Kier molecular flexibility index (Phi) is 5.59. The lowest BCUT2D eigenvalue weighted by atomic mass is 10.1. The van der Waals surface area contributed by atoms with E-state index in [-0.39, 0.29) is 24.9 Å². The number of nitrogens with zero attached hydrogens (tertiary/aromatic N) is 2. The highest BCUT2D eigenvalue weighted by atomic mass is 19.1. The first-order valence-corrected chi connectivity index (χ1v) is 9.04. The fraction of sp³-hybridized carbons (Fsp3) is 0.632. The summed E-state index contributed by atoms with van der Waals surface area (Å²) in [6, 6.07) is 6.36. The molecule has 1 heterocycles. The lowest BCUT2D eigenvalue weighted by molar-refractivity contribution is -0.132. The van der Waals surface area contributed by atoms with Crippen LogP contribution in [0.4, 0.5) is 4.39 Å². The first kappa shape index (κ1) is 18.1. The Hall–Kier alpha value is -1.66. The molecule has 1 saturated carbocycles. The van der Waals surface area contributed by atoms with Gasteiger partial charge in [0.1, 0.15) is 23.8 Å². The van der Waals surface area contributed by atoms with E-state index in [0.29, 0.717) is 31.3 Å². The summed E-state index contributed by atoms with van der Waals surface area (Å²) in [6.45, 7) is 1.24. The minimum Gasteiger partial charge on any atom is -0.490 e. The maximum absolute atomic E-state index is 13.2. The van der Waals surface area contributed by atoms with Crippen LogP contribution in [0, 0.1) is 5.82 Å². The van der Waals surface area contributed by atoms with Crippen molar-refractivity contribution >= 4 is 5.91 Å². The number of carbonyl (C=O) groups excluding carboxylic acids is 1. The molecule has 0 bridgehead atoms. The molecule has 1 aromatic rings. The highest BCUT2D eigenvalue weighted by Crippen LogP contribution is 2.25. The maximum Gasteiger partial charge on any atom is 0.236 e. The van der Waals surface area contributed by atoms with Crippen LogP contribution in [0.15, 0.2) is 24.3 Å². The average molecular weight is 350 g/mol. The van der Waals surface area contributed by atoms with E-state index in [1.165, 1.54) is 25.0 Å². The van der Waals surface area contributed by atoms with E-state index in [0.717, 1.165) is 12.8 Å². The van der Waals surface area contributed by atoms with Crippen LogP contribution in [0.2, 0.25) is 0 Å². The molecule has 2 aliphatic rings. The number of benzene rings is 1. The Morgan fingerprint density at radius 3 is 2.92 bits per heavy atom. The molecule has 1 N–H and O–H groups in total. The first-order valence-electron chi connectivity index (χ1n) is 9.04. The van der Waals surface area contributed by atoms with E-state index in [2.05, 4.69) is 4.90 Å². The molecule has 1 saturated heterocycles. The molecule has 1 unspecified atom stereocenters. The number of aliphatic hydroxyl groups is 1. The Morgan fingerprint density at radius 1 is 1.44 bits per heavy atom. The Morgan fingerprint density at radius 2 is 2.20 bits per heavy atom. The third kappa shape index (κ3) is 4.70. The second-order valence-corrected chi connectivity index (χ2v) is 7.39. The average Bonchev–Trinajstić information content (AvgIpc) is 3.23. The Balaban J connectivity index is 1.48. The molecule has 2 fully saturated rings. The molecule has 138 valence electrons. The van der Waals surface area contributed by atoms with Gasteiger partial charge in [0.15, 0.2) is 0 Å². The van der Waals surface area contributed by atoms with E-state index in [9.17, 15) is 14.3 Å². The molecular weight excluding hydrogens is 323 g/mol. The molecule has 0 spiro atoms. The number of hydrogen-bond donors (Lipinski definition) is 1. The summed E-state index contributed by atoms with van der Waals surface area (Å²) in [4.78, 5) is 16.3. The maximum atomic E-state index is 13.2. The Bertz CT molecular complexity index is 606. The monoisotopic (exact) mass is 350 g/mol. The molecule has 1 aliphatic heterocycles. The van der Waals surface area contributed by atoms with E-state index in [1.807, 2.05) is 7.05 Å². The first-order chi connectivity index (χ1) is 12.0. The van der Waals surface area contributed by atoms with Crippen LogP contribution >= 0.6 is 0 Å². The van der Waals surface area contributed by atoms with Crippen molar-refractivity contribution in [2.75, 3.05) is 33.3 Å². The fourth-order valence-electron chi connectivity index (χ4n) is 3.75. The summed E-state index contributed by atoms with van der Waals surface area (Å²) in [5.41, 5.74) is -1.08. The Labute approximate surface area is 148 Å². The zero-order chi connectivity index (χ0) is 17.9. The van der Waals surface area contributed by atoms with Crippen LogP contribution in [-0.4, -0.2) is 65.7 Å². The van der Waals surface area contributed by atoms with Crippen molar-refractivity contribution in [1.82, 2.24) is 9.80 Å². The van der Waals surface area contributed by atoms with Gasteiger partial charge < -0.3 is 14.7 Å². The van der Waals surface area contributed by atoms with Crippen LogP contribution in [0.5, 0.6) is 5.75 Å². The molecule has 25 heavy (non-hydrogen) atoms. The van der Waals surface area contributed by atoms with Gasteiger partial charge in [0.25, 0.3) is 0 Å². The number of ether oxygens (including phenoxy) is 1. The minimum absolute atomic E-state index is 0.0519. The van der Waals surface area contributed by atoms with Crippen LogP contribution in [-0.2, 0) is 4.79 Å². The summed E-state index contributed by atoms with van der Waals surface area (Å²) in [5, 5.41) is 10.7. The van der Waals surface area contributed by atoms with Crippen LogP contribution in [0.3, 0.4) is 0 Å². The van der Waals surface area contributed by atoms with Gasteiger partial charge in [-0.2, -0.15) is 0 Å². The van der Waals surface area contributed by atoms with Crippen molar-refractivity contribution in [2.45, 2.75) is 43.7 Å². The molecule has 1 atom stereocenters. The van der Waals surface area contributed by atoms with Crippen LogP contribution in [0.1, 0.15) is 32.1 Å². The predicted octanol–water partition coefficient (Wildman–Crippen LogP) is 2.04. The van der Waals surface area contributed by atoms with Gasteiger partial charge in [-0.3, -0.25) is 9.69 Å². The van der Waals surface area contributed by atoms with Crippen molar-refractivity contribution in [3.8, 4) is 5.75 Å². The van der Waals surface area contributed by atoms with Crippen LogP contribution in [0.25, 0.3) is 0 Å². The third-order valence-corrected chi connectivity index (χ3v) is 5.32. The van der Waals surface area contributed by atoms with Gasteiger partial charge in [-0.15, -0.1) is 0 Å². The molecule has 1 aliphatic carbocycles. The lowest BCUT2D eigenvalue weighted by Gasteiger charge is -2.27. The number of hydrogen-bond acceptors (Lipinski definition) is 4. The number of amides is 1. The number of halogens is 1. The number of likely N-dealkylation sites (N-methyl/N-ethyl adjacent to an activating group) is 1. The number of β-amino-alcohol motifs (C(OH)–C–C–N with tert-alkyl or cyclic N) is 1. The predicted molar refractivity (Wildman–Crippen MR) is 92.9 cm³/mol. The summed E-state index contributed by atoms with van der Waals surface area (Å²) in [7, 11) is 2.00. The zero-order valence-electron chi connectivity index (χ0n) is 14.8. The van der Waals surface area contributed by atoms with E-state index >= 15 is 0 Å². The second kappa shape index (κ2) is 7.70. The normalized spacial score (nSPS) is 24.2. The lowest BCUT2D eigenvalue weighted by Crippen LogP contribution is -2.44. The third-order valence-electron chi connectivity index (χ3n) is 5.32. The standard InChI is InChI=1S/C19H27FN2O3/c1-21(16-6-2-3-7-16)12-18(23)22-10-9-19(24,13-22)14-25-17-8-4-5-15(20)11-17/h4-5,8,11,16,24H,2-3,6-7,9-10,12-14H2,1H3. The minimum atomic E-state index is -1.08. The SMILES string of the molecule is CN(CC(=O)N1CCC(O)(COc2cccc(F)c2)C1)C1CCCC1. The van der Waals surface area contributed by atoms with Gasteiger partial charge in [0.05, 0.1) is 13.1 Å². The van der Waals surface area contributed by atoms with Gasteiger partial charge in [-0.1, -0.05) is 18.9 Å². The van der Waals surface area contributed by atoms with Crippen LogP contribution < -0.4 is 4.74 Å². The van der Waals surface area contributed by atoms with Gasteiger partial charge in [-0.05, 0) is 38.4 Å². The van der Waals surface area contributed by atoms with E-state index in [1.54, 1.807) is 17.0 Å². The number of carbonyl (C=O) groups is 1. The number of rotatable bonds is 6. The highest BCUT2D eigenvalue weighted by Gasteiger charge is 2.39. The second-order valence-electron chi connectivity index (χ2n) is 7.39. The zero-order valence-corrected chi connectivity index (χ0v) is 14.8. The van der Waals surface area contributed by atoms with Gasteiger partial charge in [-0.25, -0.2) is 4.39 Å². The molecule has 1 amide bonds.